The van der Waals surface area contributed by atoms with Crippen LogP contribution in [-0.4, -0.2) is 61.3 Å². The summed E-state index contributed by atoms with van der Waals surface area (Å²) in [5, 5.41) is 10.9. The Morgan fingerprint density at radius 2 is 2.08 bits per heavy atom. The van der Waals surface area contributed by atoms with Gasteiger partial charge in [-0.05, 0) is 55.4 Å². The fraction of sp³-hybridized carbons (Fsp3) is 0.483. The highest BCUT2D eigenvalue weighted by atomic mass is 32.2. The molecule has 0 aromatic heterocycles. The number of nitrogens with one attached hydrogen (secondary N) is 1. The first-order valence-corrected chi connectivity index (χ1v) is 14.9. The van der Waals surface area contributed by atoms with Gasteiger partial charge in [0, 0.05) is 25.6 Å². The number of likely N-dealkylation sites (tertiary alicyclic amines) is 1. The maximum absolute atomic E-state index is 13.5. The molecule has 38 heavy (non-hydrogen) atoms. The number of nitrogens with zero attached hydrogens (tertiary/aromatic N) is 1. The van der Waals surface area contributed by atoms with Gasteiger partial charge in [-0.25, -0.2) is 13.1 Å². The lowest BCUT2D eigenvalue weighted by molar-refractivity contribution is -0.217. The number of rotatable bonds is 7. The fourth-order valence-electron chi connectivity index (χ4n) is 7.82. The first kappa shape index (κ1) is 25.4. The summed E-state index contributed by atoms with van der Waals surface area (Å²) in [6.07, 6.45) is 3.41. The highest BCUT2D eigenvalue weighted by Gasteiger charge is 2.75. The third-order valence-corrected chi connectivity index (χ3v) is 10.5. The smallest absolute Gasteiger partial charge is 0.303 e. The highest BCUT2D eigenvalue weighted by Crippen LogP contribution is 2.66. The third-order valence-electron chi connectivity index (χ3n) is 9.16. The molecular weight excluding hydrogens is 504 g/mol. The molecule has 6 rings (SSSR count). The van der Waals surface area contributed by atoms with Crippen molar-refractivity contribution in [2.24, 2.45) is 0 Å². The van der Waals surface area contributed by atoms with Crippen LogP contribution in [0, 0.1) is 6.92 Å². The quantitative estimate of drug-likeness (QED) is 0.412. The Balaban J connectivity index is 1.45. The van der Waals surface area contributed by atoms with Crippen LogP contribution in [-0.2, 0) is 37.1 Å². The number of hydrogen-bond donors (Lipinski definition) is 2. The highest BCUT2D eigenvalue weighted by molar-refractivity contribution is 7.88. The van der Waals surface area contributed by atoms with Gasteiger partial charge in [0.1, 0.15) is 11.7 Å². The number of piperidine rings is 1. The molecule has 0 unspecified atom stereocenters. The van der Waals surface area contributed by atoms with Gasteiger partial charge in [-0.1, -0.05) is 36.4 Å². The third kappa shape index (κ3) is 3.55. The van der Waals surface area contributed by atoms with E-state index < -0.39 is 33.2 Å². The maximum Gasteiger partial charge on any atom is 0.303 e. The second-order valence-corrected chi connectivity index (χ2v) is 12.9. The topological polar surface area (TPSA) is 105 Å². The van der Waals surface area contributed by atoms with Gasteiger partial charge >= 0.3 is 5.97 Å². The Labute approximate surface area is 223 Å². The molecule has 0 amide bonds. The Kier molecular flexibility index (Phi) is 5.90. The van der Waals surface area contributed by atoms with Crippen molar-refractivity contribution in [3.8, 4) is 11.5 Å². The lowest BCUT2D eigenvalue weighted by Crippen LogP contribution is -2.79. The molecule has 1 saturated heterocycles. The van der Waals surface area contributed by atoms with Gasteiger partial charge in [0.25, 0.3) is 0 Å². The summed E-state index contributed by atoms with van der Waals surface area (Å²) >= 11 is 0. The number of carbonyl (C=O) groups is 1. The molecule has 2 aromatic rings. The SMILES string of the molecule is C=CCN1CC[C@]23c4c5ccc(O)c4O[C@H]2[C@H](NS(=O)(=O)Cc2ccccc2C)CC[C@@]3(OC(C)=O)[C@H]1C5. The predicted octanol–water partition coefficient (Wildman–Crippen LogP) is 3.10. The van der Waals surface area contributed by atoms with Crippen LogP contribution >= 0.6 is 0 Å². The number of carbonyl (C=O) groups excluding carboxylic acids is 1. The van der Waals surface area contributed by atoms with E-state index in [1.54, 1.807) is 6.07 Å². The number of sulfonamides is 1. The van der Waals surface area contributed by atoms with E-state index in [0.29, 0.717) is 38.0 Å². The second-order valence-electron chi connectivity index (χ2n) is 11.1. The van der Waals surface area contributed by atoms with Crippen molar-refractivity contribution in [1.29, 1.82) is 0 Å². The minimum Gasteiger partial charge on any atom is -0.504 e. The van der Waals surface area contributed by atoms with Gasteiger partial charge in [0.05, 0.1) is 23.3 Å². The van der Waals surface area contributed by atoms with Crippen molar-refractivity contribution in [3.05, 3.63) is 71.3 Å². The molecule has 2 aliphatic heterocycles. The van der Waals surface area contributed by atoms with Crippen LogP contribution in [0.15, 0.2) is 49.1 Å². The molecular formula is C29H34N2O6S. The number of hydrogen-bond acceptors (Lipinski definition) is 7. The number of aryl methyl sites for hydroxylation is 1. The standard InChI is InChI=1S/C29H34N2O6S/c1-4-14-31-15-13-28-25-20-9-10-23(33)26(25)36-27(28)22(11-12-29(28,24(31)16-20)37-19(3)32)30-38(34,35)17-21-8-6-5-7-18(21)2/h4-10,22,24,27,30,33H,1,11-17H2,2-3H3/t22-,24-,27+,28+,29-/m1/s1. The number of ether oxygens (including phenoxy) is 2. The summed E-state index contributed by atoms with van der Waals surface area (Å²) < 4.78 is 42.8. The summed E-state index contributed by atoms with van der Waals surface area (Å²) in [5.41, 5.74) is 1.89. The van der Waals surface area contributed by atoms with Crippen LogP contribution in [0.5, 0.6) is 11.5 Å². The van der Waals surface area contributed by atoms with E-state index >= 15 is 0 Å². The maximum atomic E-state index is 13.5. The van der Waals surface area contributed by atoms with Crippen LogP contribution < -0.4 is 9.46 Å². The summed E-state index contributed by atoms with van der Waals surface area (Å²) in [6.45, 7) is 8.64. The zero-order valence-corrected chi connectivity index (χ0v) is 22.6. The summed E-state index contributed by atoms with van der Waals surface area (Å²) in [6, 6.07) is 10.4. The average Bonchev–Trinajstić information content (AvgIpc) is 3.21. The number of benzene rings is 2. The first-order chi connectivity index (χ1) is 18.1. The first-order valence-electron chi connectivity index (χ1n) is 13.2. The number of esters is 1. The molecule has 9 heteroatoms. The van der Waals surface area contributed by atoms with Gasteiger partial charge in [-0.15, -0.1) is 6.58 Å². The second kappa shape index (κ2) is 8.83. The molecule has 2 N–H and O–H groups in total. The van der Waals surface area contributed by atoms with Crippen LogP contribution in [0.2, 0.25) is 0 Å². The summed E-state index contributed by atoms with van der Waals surface area (Å²) in [7, 11) is -3.72. The number of aromatic hydroxyl groups is 1. The molecule has 2 bridgehead atoms. The van der Waals surface area contributed by atoms with E-state index in [9.17, 15) is 18.3 Å². The van der Waals surface area contributed by atoms with Crippen molar-refractivity contribution in [3.63, 3.8) is 0 Å². The molecule has 1 spiro atoms. The number of phenolic OH excluding ortho intramolecular Hbond substituents is 1. The van der Waals surface area contributed by atoms with E-state index in [0.717, 1.165) is 28.8 Å². The van der Waals surface area contributed by atoms with E-state index in [2.05, 4.69) is 16.2 Å². The molecule has 0 radical (unpaired) electrons. The van der Waals surface area contributed by atoms with Crippen molar-refractivity contribution < 1.29 is 27.8 Å². The zero-order valence-electron chi connectivity index (χ0n) is 21.8. The van der Waals surface area contributed by atoms with E-state index in [-0.39, 0.29) is 23.5 Å². The molecule has 2 aromatic carbocycles. The predicted molar refractivity (Wildman–Crippen MR) is 143 cm³/mol. The van der Waals surface area contributed by atoms with Crippen LogP contribution in [0.25, 0.3) is 0 Å². The van der Waals surface area contributed by atoms with Crippen LogP contribution in [0.1, 0.15) is 48.4 Å². The molecule has 4 aliphatic rings. The molecule has 2 fully saturated rings. The normalized spacial score (nSPS) is 31.3. The molecule has 2 aliphatic carbocycles. The molecule has 5 atom stereocenters. The molecule has 202 valence electrons. The monoisotopic (exact) mass is 538 g/mol. The van der Waals surface area contributed by atoms with Gasteiger partial charge < -0.3 is 14.6 Å². The Morgan fingerprint density at radius 1 is 1.29 bits per heavy atom. The minimum absolute atomic E-state index is 0.0257. The lowest BCUT2D eigenvalue weighted by Gasteiger charge is -2.65. The van der Waals surface area contributed by atoms with E-state index in [1.165, 1.54) is 6.92 Å². The van der Waals surface area contributed by atoms with E-state index in [1.807, 2.05) is 43.3 Å². The largest absolute Gasteiger partial charge is 0.504 e. The molecule has 8 nitrogen and oxygen atoms in total. The molecule has 2 heterocycles. The Morgan fingerprint density at radius 3 is 2.82 bits per heavy atom. The van der Waals surface area contributed by atoms with Crippen molar-refractivity contribution in [2.75, 3.05) is 13.1 Å². The van der Waals surface area contributed by atoms with Gasteiger partial charge in [0.2, 0.25) is 10.0 Å². The van der Waals surface area contributed by atoms with Crippen molar-refractivity contribution >= 4 is 16.0 Å². The van der Waals surface area contributed by atoms with Gasteiger partial charge in [-0.2, -0.15) is 0 Å². The average molecular weight is 539 g/mol. The lowest BCUT2D eigenvalue weighted by atomic mass is 9.48. The summed E-state index contributed by atoms with van der Waals surface area (Å²) in [5.74, 6) is -0.0870. The Hall–Kier alpha value is -2.88. The van der Waals surface area contributed by atoms with Crippen molar-refractivity contribution in [2.45, 2.75) is 74.5 Å². The van der Waals surface area contributed by atoms with Crippen molar-refractivity contribution in [1.82, 2.24) is 9.62 Å². The molecule has 1 saturated carbocycles. The van der Waals surface area contributed by atoms with Gasteiger partial charge in [0.15, 0.2) is 11.5 Å². The Bertz CT molecular complexity index is 1420. The van der Waals surface area contributed by atoms with Gasteiger partial charge in [-0.3, -0.25) is 9.69 Å². The van der Waals surface area contributed by atoms with Crippen LogP contribution in [0.4, 0.5) is 0 Å². The summed E-state index contributed by atoms with van der Waals surface area (Å²) in [4.78, 5) is 15.0. The van der Waals surface area contributed by atoms with E-state index in [4.69, 9.17) is 9.47 Å². The number of phenols is 1. The fourth-order valence-corrected chi connectivity index (χ4v) is 9.34. The van der Waals surface area contributed by atoms with Crippen LogP contribution in [0.3, 0.4) is 0 Å². The minimum atomic E-state index is -3.72. The zero-order chi connectivity index (χ0) is 26.9.